The molecule has 4 rings (SSSR count). The molecule has 7 nitrogen and oxygen atoms in total. The van der Waals surface area contributed by atoms with E-state index in [0.29, 0.717) is 12.5 Å². The van der Waals surface area contributed by atoms with E-state index >= 15 is 0 Å². The number of hydrogen-bond donors (Lipinski definition) is 0. The minimum atomic E-state index is 0.129. The summed E-state index contributed by atoms with van der Waals surface area (Å²) >= 11 is 0. The van der Waals surface area contributed by atoms with Gasteiger partial charge >= 0.3 is 0 Å². The molecule has 2 aromatic rings. The Kier molecular flexibility index (Phi) is 5.58. The number of aromatic nitrogens is 2. The fourth-order valence-corrected chi connectivity index (χ4v) is 4.28. The van der Waals surface area contributed by atoms with Crippen molar-refractivity contribution >= 4 is 28.6 Å². The molecule has 1 aromatic carbocycles. The van der Waals surface area contributed by atoms with E-state index in [1.165, 1.54) is 0 Å². The van der Waals surface area contributed by atoms with Crippen LogP contribution in [0.5, 0.6) is 0 Å². The van der Waals surface area contributed by atoms with Gasteiger partial charge in [0.1, 0.15) is 0 Å². The topological polar surface area (TPSA) is 61.8 Å². The standard InChI is InChI=1S/C22H31N5O2/c1-15(2)11-25-9-10-26(14-20(25)28)21-22(27-12-16(3)29-17(4)13-27)24-19-8-6-5-7-18(19)23-21/h5-8,15-17H,9-14H2,1-4H3. The van der Waals surface area contributed by atoms with Crippen LogP contribution in [0.2, 0.25) is 0 Å². The van der Waals surface area contributed by atoms with Gasteiger partial charge in [-0.1, -0.05) is 26.0 Å². The fraction of sp³-hybridized carbons (Fsp3) is 0.591. The maximum Gasteiger partial charge on any atom is 0.242 e. The van der Waals surface area contributed by atoms with E-state index in [0.717, 1.165) is 55.4 Å². The van der Waals surface area contributed by atoms with Crippen molar-refractivity contribution < 1.29 is 9.53 Å². The van der Waals surface area contributed by atoms with Crippen LogP contribution >= 0.6 is 0 Å². The van der Waals surface area contributed by atoms with Crippen molar-refractivity contribution in [1.29, 1.82) is 0 Å². The monoisotopic (exact) mass is 397 g/mol. The predicted molar refractivity (Wildman–Crippen MR) is 115 cm³/mol. The lowest BCUT2D eigenvalue weighted by molar-refractivity contribution is -0.131. The zero-order valence-corrected chi connectivity index (χ0v) is 17.8. The number of anilines is 2. The van der Waals surface area contributed by atoms with E-state index < -0.39 is 0 Å². The van der Waals surface area contributed by atoms with E-state index in [4.69, 9.17) is 14.7 Å². The molecule has 3 heterocycles. The molecule has 0 bridgehead atoms. The van der Waals surface area contributed by atoms with Crippen molar-refractivity contribution in [3.8, 4) is 0 Å². The van der Waals surface area contributed by atoms with Gasteiger partial charge in [0.2, 0.25) is 5.91 Å². The Morgan fingerprint density at radius 1 is 1.00 bits per heavy atom. The van der Waals surface area contributed by atoms with Crippen molar-refractivity contribution in [3.05, 3.63) is 24.3 Å². The Labute approximate surface area is 172 Å². The summed E-state index contributed by atoms with van der Waals surface area (Å²) in [5.74, 6) is 2.30. The first-order valence-electron chi connectivity index (χ1n) is 10.6. The number of nitrogens with zero attached hydrogens (tertiary/aromatic N) is 5. The molecular weight excluding hydrogens is 366 g/mol. The largest absolute Gasteiger partial charge is 0.372 e. The van der Waals surface area contributed by atoms with Gasteiger partial charge in [0.15, 0.2) is 11.6 Å². The Balaban J connectivity index is 1.68. The number of amides is 1. The van der Waals surface area contributed by atoms with Gasteiger partial charge in [0, 0.05) is 32.7 Å². The van der Waals surface area contributed by atoms with Gasteiger partial charge in [-0.3, -0.25) is 4.79 Å². The summed E-state index contributed by atoms with van der Waals surface area (Å²) in [6.45, 7) is 12.7. The molecule has 0 radical (unpaired) electrons. The van der Waals surface area contributed by atoms with Crippen molar-refractivity contribution in [2.45, 2.75) is 39.9 Å². The molecule has 7 heteroatoms. The highest BCUT2D eigenvalue weighted by Crippen LogP contribution is 2.31. The molecule has 0 spiro atoms. The average molecular weight is 398 g/mol. The number of rotatable bonds is 4. The second-order valence-corrected chi connectivity index (χ2v) is 8.68. The lowest BCUT2D eigenvalue weighted by Crippen LogP contribution is -2.52. The van der Waals surface area contributed by atoms with Crippen LogP contribution in [0.25, 0.3) is 11.0 Å². The summed E-state index contributed by atoms with van der Waals surface area (Å²) in [5.41, 5.74) is 1.74. The van der Waals surface area contributed by atoms with E-state index in [1.54, 1.807) is 0 Å². The third-order valence-corrected chi connectivity index (χ3v) is 5.46. The number of carbonyl (C=O) groups excluding carboxylic acids is 1. The Morgan fingerprint density at radius 2 is 1.59 bits per heavy atom. The molecule has 1 amide bonds. The summed E-state index contributed by atoms with van der Waals surface area (Å²) in [6.07, 6.45) is 0.258. The molecule has 0 aliphatic carbocycles. The van der Waals surface area contributed by atoms with Crippen LogP contribution < -0.4 is 9.80 Å². The third kappa shape index (κ3) is 4.29. The third-order valence-electron chi connectivity index (χ3n) is 5.46. The lowest BCUT2D eigenvalue weighted by atomic mass is 10.2. The van der Waals surface area contributed by atoms with Gasteiger partial charge in [-0.2, -0.15) is 0 Å². The van der Waals surface area contributed by atoms with Gasteiger partial charge in [-0.05, 0) is 31.9 Å². The van der Waals surface area contributed by atoms with Crippen LogP contribution in [0.1, 0.15) is 27.7 Å². The molecule has 2 unspecified atom stereocenters. The first kappa shape index (κ1) is 19.9. The highest BCUT2D eigenvalue weighted by atomic mass is 16.5. The Hall–Kier alpha value is -2.41. The number of para-hydroxylation sites is 2. The average Bonchev–Trinajstić information content (AvgIpc) is 2.67. The van der Waals surface area contributed by atoms with Gasteiger partial charge in [0.05, 0.1) is 29.8 Å². The quantitative estimate of drug-likeness (QED) is 0.790. The van der Waals surface area contributed by atoms with E-state index in [9.17, 15) is 4.79 Å². The molecule has 2 atom stereocenters. The smallest absolute Gasteiger partial charge is 0.242 e. The molecule has 2 saturated heterocycles. The first-order valence-corrected chi connectivity index (χ1v) is 10.6. The molecule has 0 N–H and O–H groups in total. The Morgan fingerprint density at radius 3 is 2.14 bits per heavy atom. The number of ether oxygens (including phenoxy) is 1. The highest BCUT2D eigenvalue weighted by molar-refractivity contribution is 5.86. The van der Waals surface area contributed by atoms with Crippen molar-refractivity contribution in [3.63, 3.8) is 0 Å². The molecule has 2 aliphatic heterocycles. The van der Waals surface area contributed by atoms with Crippen LogP contribution in [0.3, 0.4) is 0 Å². The summed E-state index contributed by atoms with van der Waals surface area (Å²) in [5, 5.41) is 0. The van der Waals surface area contributed by atoms with Crippen LogP contribution in [-0.2, 0) is 9.53 Å². The molecule has 2 fully saturated rings. The molecule has 156 valence electrons. The van der Waals surface area contributed by atoms with E-state index in [2.05, 4.69) is 37.5 Å². The SMILES string of the molecule is CC(C)CN1CCN(c2nc3ccccc3nc2N2CC(C)OC(C)C2)CC1=O. The maximum atomic E-state index is 12.8. The zero-order valence-electron chi connectivity index (χ0n) is 17.8. The van der Waals surface area contributed by atoms with E-state index in [1.807, 2.05) is 29.2 Å². The number of piperazine rings is 1. The molecule has 1 aromatic heterocycles. The number of hydrogen-bond acceptors (Lipinski definition) is 6. The van der Waals surface area contributed by atoms with Crippen LogP contribution in [0, 0.1) is 5.92 Å². The van der Waals surface area contributed by atoms with Crippen LogP contribution in [-0.4, -0.2) is 72.3 Å². The number of morpholine rings is 1. The Bertz CT molecular complexity index is 877. The highest BCUT2D eigenvalue weighted by Gasteiger charge is 2.31. The van der Waals surface area contributed by atoms with Gasteiger partial charge in [-0.15, -0.1) is 0 Å². The van der Waals surface area contributed by atoms with Crippen LogP contribution in [0.4, 0.5) is 11.6 Å². The minimum absolute atomic E-state index is 0.129. The van der Waals surface area contributed by atoms with Crippen molar-refractivity contribution in [2.75, 3.05) is 49.1 Å². The maximum absolute atomic E-state index is 12.8. The molecule has 2 aliphatic rings. The van der Waals surface area contributed by atoms with Gasteiger partial charge in [-0.25, -0.2) is 9.97 Å². The first-order chi connectivity index (χ1) is 13.9. The fourth-order valence-electron chi connectivity index (χ4n) is 4.28. The molecular formula is C22H31N5O2. The summed E-state index contributed by atoms with van der Waals surface area (Å²) in [6, 6.07) is 7.94. The predicted octanol–water partition coefficient (Wildman–Crippen LogP) is 2.55. The van der Waals surface area contributed by atoms with Gasteiger partial charge < -0.3 is 19.4 Å². The van der Waals surface area contributed by atoms with E-state index in [-0.39, 0.29) is 18.1 Å². The minimum Gasteiger partial charge on any atom is -0.372 e. The van der Waals surface area contributed by atoms with Crippen LogP contribution in [0.15, 0.2) is 24.3 Å². The molecule has 0 saturated carbocycles. The number of fused-ring (bicyclic) bond motifs is 1. The number of benzene rings is 1. The summed E-state index contributed by atoms with van der Waals surface area (Å²) < 4.78 is 5.91. The lowest BCUT2D eigenvalue weighted by Gasteiger charge is -2.40. The summed E-state index contributed by atoms with van der Waals surface area (Å²) in [4.78, 5) is 29.0. The normalized spacial score (nSPS) is 23.3. The van der Waals surface area contributed by atoms with Crippen molar-refractivity contribution in [1.82, 2.24) is 14.9 Å². The summed E-state index contributed by atoms with van der Waals surface area (Å²) in [7, 11) is 0. The second-order valence-electron chi connectivity index (χ2n) is 8.68. The zero-order chi connectivity index (χ0) is 20.5. The molecule has 29 heavy (non-hydrogen) atoms. The van der Waals surface area contributed by atoms with Crippen molar-refractivity contribution in [2.24, 2.45) is 5.92 Å². The number of carbonyl (C=O) groups is 1. The second kappa shape index (κ2) is 8.14. The van der Waals surface area contributed by atoms with Gasteiger partial charge in [0.25, 0.3) is 0 Å².